The van der Waals surface area contributed by atoms with Crippen LogP contribution in [0.15, 0.2) is 79.3 Å². The molecule has 0 atom stereocenters. The SMILES string of the molecule is Cc1ccc(F)cc1NC(=O)c1cn(-c2ccccc2)nc1-c1cccnc1. The highest BCUT2D eigenvalue weighted by Crippen LogP contribution is 2.25. The molecule has 2 heterocycles. The molecule has 0 unspecified atom stereocenters. The van der Waals surface area contributed by atoms with E-state index >= 15 is 0 Å². The fraction of sp³-hybridized carbons (Fsp3) is 0.0455. The fourth-order valence-corrected chi connectivity index (χ4v) is 2.89. The van der Waals surface area contributed by atoms with Crippen LogP contribution in [0.2, 0.25) is 0 Å². The van der Waals surface area contributed by atoms with Gasteiger partial charge in [0.1, 0.15) is 11.5 Å². The average Bonchev–Trinajstić information content (AvgIpc) is 3.18. The van der Waals surface area contributed by atoms with Gasteiger partial charge in [-0.1, -0.05) is 24.3 Å². The summed E-state index contributed by atoms with van der Waals surface area (Å²) in [5.41, 5.74) is 3.62. The van der Waals surface area contributed by atoms with E-state index in [0.717, 1.165) is 16.8 Å². The van der Waals surface area contributed by atoms with E-state index in [1.807, 2.05) is 43.3 Å². The van der Waals surface area contributed by atoms with Gasteiger partial charge in [-0.05, 0) is 48.9 Å². The largest absolute Gasteiger partial charge is 0.322 e. The summed E-state index contributed by atoms with van der Waals surface area (Å²) in [4.78, 5) is 17.1. The minimum absolute atomic E-state index is 0.366. The molecule has 28 heavy (non-hydrogen) atoms. The summed E-state index contributed by atoms with van der Waals surface area (Å²) < 4.78 is 15.2. The minimum Gasteiger partial charge on any atom is -0.322 e. The predicted molar refractivity (Wildman–Crippen MR) is 106 cm³/mol. The highest BCUT2D eigenvalue weighted by Gasteiger charge is 2.19. The van der Waals surface area contributed by atoms with Gasteiger partial charge in [0, 0.05) is 29.8 Å². The van der Waals surface area contributed by atoms with Crippen LogP contribution in [-0.4, -0.2) is 20.7 Å². The van der Waals surface area contributed by atoms with E-state index in [4.69, 9.17) is 0 Å². The number of anilines is 1. The molecule has 0 aliphatic rings. The maximum Gasteiger partial charge on any atom is 0.259 e. The lowest BCUT2D eigenvalue weighted by molar-refractivity contribution is 0.102. The number of aryl methyl sites for hydroxylation is 1. The van der Waals surface area contributed by atoms with Crippen molar-refractivity contribution < 1.29 is 9.18 Å². The summed E-state index contributed by atoms with van der Waals surface area (Å²) in [5, 5.41) is 7.38. The summed E-state index contributed by atoms with van der Waals surface area (Å²) in [6, 6.07) is 17.4. The van der Waals surface area contributed by atoms with E-state index < -0.39 is 5.82 Å². The maximum absolute atomic E-state index is 13.6. The lowest BCUT2D eigenvalue weighted by Gasteiger charge is -2.08. The second-order valence-corrected chi connectivity index (χ2v) is 6.33. The molecule has 0 saturated heterocycles. The number of hydrogen-bond acceptors (Lipinski definition) is 3. The zero-order valence-electron chi connectivity index (χ0n) is 15.1. The highest BCUT2D eigenvalue weighted by molar-refractivity contribution is 6.08. The Kier molecular flexibility index (Phi) is 4.68. The molecule has 5 nitrogen and oxygen atoms in total. The molecule has 0 bridgehead atoms. The Labute approximate surface area is 161 Å². The molecule has 6 heteroatoms. The van der Waals surface area contributed by atoms with Crippen molar-refractivity contribution in [3.05, 3.63) is 96.2 Å². The normalized spacial score (nSPS) is 10.6. The Morgan fingerprint density at radius 2 is 1.89 bits per heavy atom. The first-order chi connectivity index (χ1) is 13.6. The number of rotatable bonds is 4. The third-order valence-electron chi connectivity index (χ3n) is 4.36. The number of aromatic nitrogens is 3. The van der Waals surface area contributed by atoms with Gasteiger partial charge in [0.2, 0.25) is 0 Å². The lowest BCUT2D eigenvalue weighted by Crippen LogP contribution is -2.13. The van der Waals surface area contributed by atoms with Crippen LogP contribution in [0.5, 0.6) is 0 Å². The molecule has 2 aromatic heterocycles. The van der Waals surface area contributed by atoms with E-state index in [1.165, 1.54) is 12.1 Å². The summed E-state index contributed by atoms with van der Waals surface area (Å²) in [7, 11) is 0. The van der Waals surface area contributed by atoms with Crippen LogP contribution in [0.25, 0.3) is 16.9 Å². The minimum atomic E-state index is -0.409. The molecule has 0 fully saturated rings. The molecular formula is C22H17FN4O. The first kappa shape index (κ1) is 17.6. The summed E-state index contributed by atoms with van der Waals surface area (Å²) >= 11 is 0. The monoisotopic (exact) mass is 372 g/mol. The van der Waals surface area contributed by atoms with Gasteiger partial charge in [0.15, 0.2) is 0 Å². The van der Waals surface area contributed by atoms with Crippen molar-refractivity contribution in [2.75, 3.05) is 5.32 Å². The number of amides is 1. The average molecular weight is 372 g/mol. The van der Waals surface area contributed by atoms with Gasteiger partial charge >= 0.3 is 0 Å². The van der Waals surface area contributed by atoms with Crippen molar-refractivity contribution >= 4 is 11.6 Å². The van der Waals surface area contributed by atoms with E-state index in [-0.39, 0.29) is 5.91 Å². The topological polar surface area (TPSA) is 59.8 Å². The number of carbonyl (C=O) groups is 1. The number of nitrogens with one attached hydrogen (secondary N) is 1. The smallest absolute Gasteiger partial charge is 0.259 e. The van der Waals surface area contributed by atoms with Gasteiger partial charge < -0.3 is 5.32 Å². The first-order valence-corrected chi connectivity index (χ1v) is 8.75. The van der Waals surface area contributed by atoms with Crippen molar-refractivity contribution in [1.82, 2.24) is 14.8 Å². The third kappa shape index (κ3) is 3.53. The van der Waals surface area contributed by atoms with Crippen molar-refractivity contribution in [3.63, 3.8) is 0 Å². The lowest BCUT2D eigenvalue weighted by atomic mass is 10.1. The molecule has 2 aromatic carbocycles. The molecule has 1 amide bonds. The van der Waals surface area contributed by atoms with Crippen LogP contribution in [0, 0.1) is 12.7 Å². The number of halogens is 1. The Hall–Kier alpha value is -3.80. The van der Waals surface area contributed by atoms with Crippen LogP contribution in [-0.2, 0) is 0 Å². The first-order valence-electron chi connectivity index (χ1n) is 8.75. The van der Waals surface area contributed by atoms with Crippen LogP contribution < -0.4 is 5.32 Å². The molecule has 4 aromatic rings. The van der Waals surface area contributed by atoms with E-state index in [9.17, 15) is 9.18 Å². The zero-order chi connectivity index (χ0) is 19.5. The van der Waals surface area contributed by atoms with Crippen LogP contribution in [0.1, 0.15) is 15.9 Å². The van der Waals surface area contributed by atoms with Crippen LogP contribution >= 0.6 is 0 Å². The zero-order valence-corrected chi connectivity index (χ0v) is 15.1. The number of carbonyl (C=O) groups excluding carboxylic acids is 1. The second kappa shape index (κ2) is 7.44. The van der Waals surface area contributed by atoms with Crippen LogP contribution in [0.3, 0.4) is 0 Å². The molecule has 0 spiro atoms. The molecule has 138 valence electrons. The molecule has 4 rings (SSSR count). The summed E-state index contributed by atoms with van der Waals surface area (Å²) in [5.74, 6) is -0.775. The summed E-state index contributed by atoms with van der Waals surface area (Å²) in [6.45, 7) is 1.81. The molecular weight excluding hydrogens is 355 g/mol. The number of pyridine rings is 1. The Bertz CT molecular complexity index is 1120. The standard InChI is InChI=1S/C22H17FN4O/c1-15-9-10-17(23)12-20(15)25-22(28)19-14-27(18-7-3-2-4-8-18)26-21(19)16-6-5-11-24-13-16/h2-14H,1H3,(H,25,28). The third-order valence-corrected chi connectivity index (χ3v) is 4.36. The van der Waals surface area contributed by atoms with Gasteiger partial charge in [-0.2, -0.15) is 5.10 Å². The van der Waals surface area contributed by atoms with E-state index in [1.54, 1.807) is 35.4 Å². The van der Waals surface area contributed by atoms with Gasteiger partial charge in [-0.3, -0.25) is 9.78 Å². The predicted octanol–water partition coefficient (Wildman–Crippen LogP) is 4.63. The fourth-order valence-electron chi connectivity index (χ4n) is 2.89. The van der Waals surface area contributed by atoms with Crippen molar-refractivity contribution in [1.29, 1.82) is 0 Å². The van der Waals surface area contributed by atoms with Gasteiger partial charge in [0.05, 0.1) is 11.3 Å². The number of para-hydroxylation sites is 1. The second-order valence-electron chi connectivity index (χ2n) is 6.33. The highest BCUT2D eigenvalue weighted by atomic mass is 19.1. The van der Waals surface area contributed by atoms with Crippen LogP contribution in [0.4, 0.5) is 10.1 Å². The molecule has 0 aliphatic heterocycles. The molecule has 1 N–H and O–H groups in total. The Morgan fingerprint density at radius 3 is 2.64 bits per heavy atom. The summed E-state index contributed by atoms with van der Waals surface area (Å²) in [6.07, 6.45) is 4.98. The number of nitrogens with zero attached hydrogens (tertiary/aromatic N) is 3. The number of hydrogen-bond donors (Lipinski definition) is 1. The molecule has 0 aliphatic carbocycles. The van der Waals surface area contributed by atoms with E-state index in [0.29, 0.717) is 16.9 Å². The van der Waals surface area contributed by atoms with Crippen molar-refractivity contribution in [3.8, 4) is 16.9 Å². The van der Waals surface area contributed by atoms with Crippen molar-refractivity contribution in [2.24, 2.45) is 0 Å². The Morgan fingerprint density at radius 1 is 1.07 bits per heavy atom. The maximum atomic E-state index is 13.6. The molecule has 0 saturated carbocycles. The number of benzene rings is 2. The Balaban J connectivity index is 1.77. The van der Waals surface area contributed by atoms with Gasteiger partial charge in [0.25, 0.3) is 5.91 Å². The quantitative estimate of drug-likeness (QED) is 0.568. The van der Waals surface area contributed by atoms with Crippen molar-refractivity contribution in [2.45, 2.75) is 6.92 Å². The van der Waals surface area contributed by atoms with Gasteiger partial charge in [-0.25, -0.2) is 9.07 Å². The molecule has 0 radical (unpaired) electrons. The van der Waals surface area contributed by atoms with E-state index in [2.05, 4.69) is 15.4 Å². The van der Waals surface area contributed by atoms with Gasteiger partial charge in [-0.15, -0.1) is 0 Å².